The van der Waals surface area contributed by atoms with Crippen LogP contribution in [-0.4, -0.2) is 24.5 Å². The Bertz CT molecular complexity index is 341. The van der Waals surface area contributed by atoms with Crippen LogP contribution in [-0.2, 0) is 5.54 Å². The highest BCUT2D eigenvalue weighted by Crippen LogP contribution is 2.40. The molecule has 0 amide bonds. The summed E-state index contributed by atoms with van der Waals surface area (Å²) in [6, 6.07) is 10.6. The van der Waals surface area contributed by atoms with Gasteiger partial charge in [0.05, 0.1) is 5.54 Å². The van der Waals surface area contributed by atoms with Crippen LogP contribution in [0.5, 0.6) is 0 Å². The molecule has 0 saturated carbocycles. The molecule has 3 saturated heterocycles. The Morgan fingerprint density at radius 1 is 1.13 bits per heavy atom. The van der Waals surface area contributed by atoms with Crippen LogP contribution in [0.1, 0.15) is 18.4 Å². The molecule has 2 N–H and O–H groups in total. The Hall–Kier alpha value is -0.860. The van der Waals surface area contributed by atoms with E-state index in [1.165, 1.54) is 31.5 Å². The van der Waals surface area contributed by atoms with Crippen LogP contribution in [0.2, 0.25) is 0 Å². The maximum atomic E-state index is 6.62. The van der Waals surface area contributed by atoms with Crippen molar-refractivity contribution < 1.29 is 0 Å². The smallest absolute Gasteiger partial charge is 0.0568 e. The lowest BCUT2D eigenvalue weighted by Gasteiger charge is -2.51. The summed E-state index contributed by atoms with van der Waals surface area (Å²) in [5.41, 5.74) is 7.86. The average Bonchev–Trinajstić information content (AvgIpc) is 2.31. The molecule has 0 radical (unpaired) electrons. The summed E-state index contributed by atoms with van der Waals surface area (Å²) in [6.07, 6.45) is 2.54. The summed E-state index contributed by atoms with van der Waals surface area (Å²) in [5, 5.41) is 0. The second kappa shape index (κ2) is 3.32. The Balaban J connectivity index is 1.97. The molecule has 0 aliphatic carbocycles. The Labute approximate surface area is 91.1 Å². The number of hydrogen-bond acceptors (Lipinski definition) is 2. The van der Waals surface area contributed by atoms with Crippen molar-refractivity contribution in [1.82, 2.24) is 4.90 Å². The molecule has 3 aliphatic heterocycles. The minimum absolute atomic E-state index is 0.0856. The molecular formula is C13H18N2. The van der Waals surface area contributed by atoms with Crippen molar-refractivity contribution in [1.29, 1.82) is 0 Å². The number of hydrogen-bond donors (Lipinski definition) is 1. The van der Waals surface area contributed by atoms with E-state index < -0.39 is 0 Å². The Kier molecular flexibility index (Phi) is 2.08. The van der Waals surface area contributed by atoms with E-state index in [0.29, 0.717) is 5.92 Å². The van der Waals surface area contributed by atoms with Gasteiger partial charge in [-0.25, -0.2) is 0 Å². The number of nitrogens with zero attached hydrogens (tertiary/aromatic N) is 1. The third kappa shape index (κ3) is 1.40. The highest BCUT2D eigenvalue weighted by molar-refractivity contribution is 5.27. The van der Waals surface area contributed by atoms with E-state index in [4.69, 9.17) is 5.73 Å². The first-order valence-corrected chi connectivity index (χ1v) is 5.86. The molecule has 0 spiro atoms. The molecule has 0 unspecified atom stereocenters. The van der Waals surface area contributed by atoms with Crippen LogP contribution < -0.4 is 5.73 Å². The summed E-state index contributed by atoms with van der Waals surface area (Å²) in [4.78, 5) is 2.51. The summed E-state index contributed by atoms with van der Waals surface area (Å²) < 4.78 is 0. The molecular weight excluding hydrogens is 184 g/mol. The lowest BCUT2D eigenvalue weighted by molar-refractivity contribution is 0.0267. The predicted molar refractivity (Wildman–Crippen MR) is 61.5 cm³/mol. The van der Waals surface area contributed by atoms with Gasteiger partial charge in [-0.05, 0) is 37.4 Å². The number of nitrogens with two attached hydrogens (primary N) is 1. The van der Waals surface area contributed by atoms with Crippen molar-refractivity contribution in [2.75, 3.05) is 19.6 Å². The second-order valence-corrected chi connectivity index (χ2v) is 4.96. The van der Waals surface area contributed by atoms with E-state index in [0.717, 1.165) is 6.54 Å². The quantitative estimate of drug-likeness (QED) is 0.749. The first-order valence-electron chi connectivity index (χ1n) is 5.86. The Morgan fingerprint density at radius 3 is 2.33 bits per heavy atom. The molecule has 2 bridgehead atoms. The van der Waals surface area contributed by atoms with Crippen LogP contribution in [0, 0.1) is 5.92 Å². The zero-order valence-electron chi connectivity index (χ0n) is 9.02. The Morgan fingerprint density at radius 2 is 1.80 bits per heavy atom. The lowest BCUT2D eigenvalue weighted by Crippen LogP contribution is -2.61. The van der Waals surface area contributed by atoms with Crippen molar-refractivity contribution in [3.63, 3.8) is 0 Å². The van der Waals surface area contributed by atoms with Gasteiger partial charge in [0.25, 0.3) is 0 Å². The summed E-state index contributed by atoms with van der Waals surface area (Å²) >= 11 is 0. The lowest BCUT2D eigenvalue weighted by atomic mass is 9.70. The van der Waals surface area contributed by atoms with Crippen LogP contribution in [0.15, 0.2) is 30.3 Å². The molecule has 4 rings (SSSR count). The maximum absolute atomic E-state index is 6.62. The molecule has 15 heavy (non-hydrogen) atoms. The first-order chi connectivity index (χ1) is 7.29. The molecule has 3 fully saturated rings. The molecule has 1 atom stereocenters. The fraction of sp³-hybridized carbons (Fsp3) is 0.538. The number of benzene rings is 1. The van der Waals surface area contributed by atoms with E-state index >= 15 is 0 Å². The summed E-state index contributed by atoms with van der Waals surface area (Å²) in [5.74, 6) is 0.685. The fourth-order valence-corrected chi connectivity index (χ4v) is 3.18. The molecule has 2 heteroatoms. The van der Waals surface area contributed by atoms with Crippen LogP contribution in [0.3, 0.4) is 0 Å². The van der Waals surface area contributed by atoms with Gasteiger partial charge in [0.15, 0.2) is 0 Å². The topological polar surface area (TPSA) is 29.3 Å². The zero-order chi connectivity index (χ0) is 10.3. The zero-order valence-corrected chi connectivity index (χ0v) is 9.02. The largest absolute Gasteiger partial charge is 0.320 e. The highest BCUT2D eigenvalue weighted by Gasteiger charge is 2.44. The third-order valence-corrected chi connectivity index (χ3v) is 4.11. The van der Waals surface area contributed by atoms with Crippen molar-refractivity contribution in [3.8, 4) is 0 Å². The van der Waals surface area contributed by atoms with Gasteiger partial charge in [-0.15, -0.1) is 0 Å². The van der Waals surface area contributed by atoms with E-state index in [-0.39, 0.29) is 5.54 Å². The number of piperidine rings is 3. The molecule has 1 aromatic carbocycles. The summed E-state index contributed by atoms with van der Waals surface area (Å²) in [6.45, 7) is 3.54. The highest BCUT2D eigenvalue weighted by atomic mass is 15.2. The second-order valence-electron chi connectivity index (χ2n) is 4.96. The van der Waals surface area contributed by atoms with Gasteiger partial charge in [0.1, 0.15) is 0 Å². The third-order valence-electron chi connectivity index (χ3n) is 4.11. The minimum atomic E-state index is -0.0856. The average molecular weight is 202 g/mol. The summed E-state index contributed by atoms with van der Waals surface area (Å²) in [7, 11) is 0. The van der Waals surface area contributed by atoms with Gasteiger partial charge < -0.3 is 10.6 Å². The number of rotatable bonds is 1. The minimum Gasteiger partial charge on any atom is -0.320 e. The molecule has 0 aromatic heterocycles. The standard InChI is InChI=1S/C13H18N2/c14-13(11-4-2-1-3-5-11)10-15-8-6-12(13)7-9-15/h1-5,12H,6-10,14H2/t13-/m1/s1. The molecule has 2 nitrogen and oxygen atoms in total. The molecule has 1 aromatic rings. The van der Waals surface area contributed by atoms with E-state index in [2.05, 4.69) is 35.2 Å². The predicted octanol–water partition coefficient (Wildman–Crippen LogP) is 1.57. The molecule has 80 valence electrons. The van der Waals surface area contributed by atoms with Gasteiger partial charge in [0, 0.05) is 6.54 Å². The van der Waals surface area contributed by atoms with Gasteiger partial charge in [0.2, 0.25) is 0 Å². The fourth-order valence-electron chi connectivity index (χ4n) is 3.18. The van der Waals surface area contributed by atoms with Gasteiger partial charge in [-0.2, -0.15) is 0 Å². The van der Waals surface area contributed by atoms with Crippen molar-refractivity contribution in [2.24, 2.45) is 11.7 Å². The van der Waals surface area contributed by atoms with E-state index in [1.807, 2.05) is 0 Å². The monoisotopic (exact) mass is 202 g/mol. The van der Waals surface area contributed by atoms with Crippen molar-refractivity contribution >= 4 is 0 Å². The number of fused-ring (bicyclic) bond motifs is 3. The van der Waals surface area contributed by atoms with E-state index in [9.17, 15) is 0 Å². The van der Waals surface area contributed by atoms with Gasteiger partial charge >= 0.3 is 0 Å². The molecule has 3 heterocycles. The molecule has 3 aliphatic rings. The normalized spacial score (nSPS) is 39.3. The van der Waals surface area contributed by atoms with E-state index in [1.54, 1.807) is 0 Å². The van der Waals surface area contributed by atoms with Crippen molar-refractivity contribution in [3.05, 3.63) is 35.9 Å². The first kappa shape index (κ1) is 9.37. The SMILES string of the molecule is N[C@@]1(c2ccccc2)CN2CCC1CC2. The maximum Gasteiger partial charge on any atom is 0.0568 e. The van der Waals surface area contributed by atoms with Gasteiger partial charge in [-0.1, -0.05) is 30.3 Å². The van der Waals surface area contributed by atoms with Crippen LogP contribution in [0.25, 0.3) is 0 Å². The van der Waals surface area contributed by atoms with Gasteiger partial charge in [-0.3, -0.25) is 0 Å². The van der Waals surface area contributed by atoms with Crippen molar-refractivity contribution in [2.45, 2.75) is 18.4 Å². The van der Waals surface area contributed by atoms with Crippen LogP contribution >= 0.6 is 0 Å². The van der Waals surface area contributed by atoms with Crippen LogP contribution in [0.4, 0.5) is 0 Å².